The van der Waals surface area contributed by atoms with Crippen molar-refractivity contribution in [2.45, 2.75) is 12.4 Å². The molecular formula is C18H18ClFN4. The minimum atomic E-state index is -0.333. The zero-order valence-electron chi connectivity index (χ0n) is 13.3. The lowest BCUT2D eigenvalue weighted by Crippen LogP contribution is -2.46. The van der Waals surface area contributed by atoms with Crippen LogP contribution in [0.3, 0.4) is 0 Å². The third-order valence-electron chi connectivity index (χ3n) is 4.22. The highest BCUT2D eigenvalue weighted by Crippen LogP contribution is 2.22. The van der Waals surface area contributed by atoms with Crippen LogP contribution in [0, 0.1) is 17.1 Å². The number of rotatable bonds is 4. The SMILES string of the molecule is N#Cc1ccc(N2CCN(Cc3ccc(CCl)cn3)CC2)c(F)c1. The van der Waals surface area contributed by atoms with Crippen LogP contribution in [0.5, 0.6) is 0 Å². The summed E-state index contributed by atoms with van der Waals surface area (Å²) in [4.78, 5) is 8.75. The van der Waals surface area contributed by atoms with Gasteiger partial charge in [-0.3, -0.25) is 9.88 Å². The van der Waals surface area contributed by atoms with Gasteiger partial charge in [0, 0.05) is 44.8 Å². The molecule has 3 rings (SSSR count). The second-order valence-corrected chi connectivity index (χ2v) is 6.10. The molecule has 1 fully saturated rings. The second kappa shape index (κ2) is 7.61. The van der Waals surface area contributed by atoms with Crippen LogP contribution in [0.15, 0.2) is 36.5 Å². The molecule has 1 aliphatic rings. The molecule has 0 unspecified atom stereocenters. The normalized spacial score (nSPS) is 15.3. The number of hydrogen-bond donors (Lipinski definition) is 0. The lowest BCUT2D eigenvalue weighted by Gasteiger charge is -2.36. The molecular weight excluding hydrogens is 327 g/mol. The summed E-state index contributed by atoms with van der Waals surface area (Å²) in [6, 6.07) is 10.6. The van der Waals surface area contributed by atoms with Gasteiger partial charge in [-0.2, -0.15) is 5.26 Å². The zero-order chi connectivity index (χ0) is 16.9. The molecule has 2 heterocycles. The van der Waals surface area contributed by atoms with E-state index >= 15 is 0 Å². The molecule has 0 N–H and O–H groups in total. The van der Waals surface area contributed by atoms with Crippen molar-refractivity contribution in [1.82, 2.24) is 9.88 Å². The number of anilines is 1. The van der Waals surface area contributed by atoms with Crippen molar-refractivity contribution in [1.29, 1.82) is 5.26 Å². The lowest BCUT2D eigenvalue weighted by atomic mass is 10.1. The maximum atomic E-state index is 14.1. The van der Waals surface area contributed by atoms with E-state index in [1.165, 1.54) is 6.07 Å². The highest BCUT2D eigenvalue weighted by Gasteiger charge is 2.20. The summed E-state index contributed by atoms with van der Waals surface area (Å²) in [6.07, 6.45) is 1.81. The van der Waals surface area contributed by atoms with Gasteiger partial charge in [0.2, 0.25) is 0 Å². The number of alkyl halides is 1. The standard InChI is InChI=1S/C18H18ClFN4/c19-10-15-1-3-16(22-12-15)13-23-5-7-24(8-6-23)18-4-2-14(11-21)9-17(18)20/h1-4,9,12H,5-8,10,13H2. The molecule has 6 heteroatoms. The average molecular weight is 345 g/mol. The molecule has 0 amide bonds. The van der Waals surface area contributed by atoms with Gasteiger partial charge in [-0.05, 0) is 29.8 Å². The molecule has 0 bridgehead atoms. The highest BCUT2D eigenvalue weighted by atomic mass is 35.5. The van der Waals surface area contributed by atoms with E-state index in [2.05, 4.69) is 9.88 Å². The first kappa shape index (κ1) is 16.7. The molecule has 0 saturated carbocycles. The van der Waals surface area contributed by atoms with Gasteiger partial charge in [-0.25, -0.2) is 4.39 Å². The Kier molecular flexibility index (Phi) is 5.29. The third-order valence-corrected chi connectivity index (χ3v) is 4.52. The molecule has 1 saturated heterocycles. The molecule has 0 aliphatic carbocycles. The number of nitrogens with zero attached hydrogens (tertiary/aromatic N) is 4. The fourth-order valence-corrected chi connectivity index (χ4v) is 2.99. The smallest absolute Gasteiger partial charge is 0.147 e. The number of nitriles is 1. The highest BCUT2D eigenvalue weighted by molar-refractivity contribution is 6.17. The van der Waals surface area contributed by atoms with Crippen molar-refractivity contribution in [3.05, 3.63) is 59.2 Å². The molecule has 1 aliphatic heterocycles. The molecule has 0 spiro atoms. The predicted octanol–water partition coefficient (Wildman–Crippen LogP) is 3.15. The van der Waals surface area contributed by atoms with E-state index in [1.54, 1.807) is 12.1 Å². The summed E-state index contributed by atoms with van der Waals surface area (Å²) in [6.45, 7) is 3.98. The molecule has 124 valence electrons. The first-order chi connectivity index (χ1) is 11.7. The number of benzene rings is 1. The van der Waals surface area contributed by atoms with Crippen molar-refractivity contribution in [2.75, 3.05) is 31.1 Å². The predicted molar refractivity (Wildman–Crippen MR) is 92.4 cm³/mol. The quantitative estimate of drug-likeness (QED) is 0.799. The Labute approximate surface area is 146 Å². The van der Waals surface area contributed by atoms with E-state index in [1.807, 2.05) is 29.3 Å². The monoisotopic (exact) mass is 344 g/mol. The van der Waals surface area contributed by atoms with Gasteiger partial charge >= 0.3 is 0 Å². The van der Waals surface area contributed by atoms with Crippen LogP contribution in [-0.2, 0) is 12.4 Å². The van der Waals surface area contributed by atoms with Crippen LogP contribution in [0.25, 0.3) is 0 Å². The largest absolute Gasteiger partial charge is 0.367 e. The van der Waals surface area contributed by atoms with E-state index in [0.29, 0.717) is 17.1 Å². The summed E-state index contributed by atoms with van der Waals surface area (Å²) in [5.74, 6) is 0.142. The van der Waals surface area contributed by atoms with Crippen molar-refractivity contribution < 1.29 is 4.39 Å². The molecule has 1 aromatic carbocycles. The third kappa shape index (κ3) is 3.84. The lowest BCUT2D eigenvalue weighted by molar-refractivity contribution is 0.246. The minimum absolute atomic E-state index is 0.333. The Balaban J connectivity index is 1.58. The summed E-state index contributed by atoms with van der Waals surface area (Å²) < 4.78 is 14.1. The summed E-state index contributed by atoms with van der Waals surface area (Å²) in [5, 5.41) is 8.82. The Morgan fingerprint density at radius 2 is 1.96 bits per heavy atom. The summed E-state index contributed by atoms with van der Waals surface area (Å²) in [5.41, 5.74) is 2.95. The van der Waals surface area contributed by atoms with Crippen LogP contribution in [0.2, 0.25) is 0 Å². The van der Waals surface area contributed by atoms with Crippen molar-refractivity contribution in [3.63, 3.8) is 0 Å². The first-order valence-corrected chi connectivity index (χ1v) is 8.40. The van der Waals surface area contributed by atoms with Crippen molar-refractivity contribution in [3.8, 4) is 6.07 Å². The van der Waals surface area contributed by atoms with Crippen LogP contribution in [0.1, 0.15) is 16.8 Å². The van der Waals surface area contributed by atoms with Gasteiger partial charge < -0.3 is 4.90 Å². The molecule has 0 radical (unpaired) electrons. The first-order valence-electron chi connectivity index (χ1n) is 7.86. The van der Waals surface area contributed by atoms with Gasteiger partial charge in [-0.1, -0.05) is 6.07 Å². The molecule has 4 nitrogen and oxygen atoms in total. The number of aromatic nitrogens is 1. The summed E-state index contributed by atoms with van der Waals surface area (Å²) >= 11 is 5.77. The van der Waals surface area contributed by atoms with Crippen molar-refractivity contribution >= 4 is 17.3 Å². The van der Waals surface area contributed by atoms with E-state index in [0.717, 1.165) is 44.0 Å². The number of piperazine rings is 1. The Morgan fingerprint density at radius 3 is 2.54 bits per heavy atom. The van der Waals surface area contributed by atoms with E-state index in [4.69, 9.17) is 16.9 Å². The van der Waals surface area contributed by atoms with Crippen LogP contribution in [-0.4, -0.2) is 36.1 Å². The molecule has 0 atom stereocenters. The molecule has 24 heavy (non-hydrogen) atoms. The van der Waals surface area contributed by atoms with Gasteiger partial charge in [0.25, 0.3) is 0 Å². The Bertz CT molecular complexity index is 734. The van der Waals surface area contributed by atoms with Crippen LogP contribution >= 0.6 is 11.6 Å². The molecule has 2 aromatic rings. The topological polar surface area (TPSA) is 43.2 Å². The van der Waals surface area contributed by atoms with Gasteiger partial charge in [-0.15, -0.1) is 11.6 Å². The zero-order valence-corrected chi connectivity index (χ0v) is 14.0. The Hall–Kier alpha value is -2.16. The van der Waals surface area contributed by atoms with Gasteiger partial charge in [0.1, 0.15) is 5.82 Å². The van der Waals surface area contributed by atoms with Crippen LogP contribution in [0.4, 0.5) is 10.1 Å². The second-order valence-electron chi connectivity index (χ2n) is 5.83. The van der Waals surface area contributed by atoms with E-state index in [9.17, 15) is 4.39 Å². The minimum Gasteiger partial charge on any atom is -0.367 e. The fraction of sp³-hybridized carbons (Fsp3) is 0.333. The average Bonchev–Trinajstić information content (AvgIpc) is 2.63. The van der Waals surface area contributed by atoms with Crippen LogP contribution < -0.4 is 4.90 Å². The Morgan fingerprint density at radius 1 is 1.17 bits per heavy atom. The number of halogens is 2. The van der Waals surface area contributed by atoms with Crippen molar-refractivity contribution in [2.24, 2.45) is 0 Å². The number of pyridine rings is 1. The van der Waals surface area contributed by atoms with Gasteiger partial charge in [0.05, 0.1) is 23.0 Å². The number of hydrogen-bond acceptors (Lipinski definition) is 4. The van der Waals surface area contributed by atoms with E-state index in [-0.39, 0.29) is 5.82 Å². The molecule has 1 aromatic heterocycles. The fourth-order valence-electron chi connectivity index (χ4n) is 2.84. The van der Waals surface area contributed by atoms with E-state index < -0.39 is 0 Å². The maximum Gasteiger partial charge on any atom is 0.147 e. The van der Waals surface area contributed by atoms with Gasteiger partial charge in [0.15, 0.2) is 0 Å². The maximum absolute atomic E-state index is 14.1. The summed E-state index contributed by atoms with van der Waals surface area (Å²) in [7, 11) is 0.